The highest BCUT2D eigenvalue weighted by Crippen LogP contribution is 2.54. The molecule has 2 fully saturated rings. The molecule has 2 heterocycles. The van der Waals surface area contributed by atoms with E-state index in [0.29, 0.717) is 18.7 Å². The first kappa shape index (κ1) is 19.9. The Balaban J connectivity index is 1.58. The first-order valence-corrected chi connectivity index (χ1v) is 9.63. The number of methoxy groups -OCH3 is 1. The van der Waals surface area contributed by atoms with Crippen LogP contribution in [0.15, 0.2) is 48.5 Å². The van der Waals surface area contributed by atoms with Crippen molar-refractivity contribution in [2.75, 3.05) is 33.4 Å². The zero-order valence-electron chi connectivity index (χ0n) is 16.2. The zero-order chi connectivity index (χ0) is 20.6. The van der Waals surface area contributed by atoms with E-state index in [1.165, 1.54) is 13.2 Å². The van der Waals surface area contributed by atoms with Gasteiger partial charge in [-0.3, -0.25) is 9.69 Å². The molecule has 7 heteroatoms. The molecule has 1 amide bonds. The fourth-order valence-corrected chi connectivity index (χ4v) is 5.01. The maximum atomic E-state index is 14.0. The van der Waals surface area contributed by atoms with Crippen LogP contribution >= 0.6 is 0 Å². The number of amides is 1. The monoisotopic (exact) mass is 402 g/mol. The molecule has 0 aliphatic carbocycles. The number of likely N-dealkylation sites (tertiary alicyclic amines) is 2. The lowest BCUT2D eigenvalue weighted by molar-refractivity contribution is -0.204. The number of halogens is 2. The van der Waals surface area contributed by atoms with Crippen LogP contribution in [0.25, 0.3) is 0 Å². The van der Waals surface area contributed by atoms with Crippen LogP contribution in [0.4, 0.5) is 8.78 Å². The molecule has 2 saturated heterocycles. The molecule has 29 heavy (non-hydrogen) atoms. The largest absolute Gasteiger partial charge is 0.394 e. The predicted octanol–water partition coefficient (Wildman–Crippen LogP) is 2.15. The fourth-order valence-electron chi connectivity index (χ4n) is 5.01. The van der Waals surface area contributed by atoms with Gasteiger partial charge in [0.15, 0.2) is 0 Å². The summed E-state index contributed by atoms with van der Waals surface area (Å²) in [6.45, 7) is 1.11. The number of nitrogens with zero attached hydrogens (tertiary/aromatic N) is 2. The van der Waals surface area contributed by atoms with Crippen molar-refractivity contribution in [2.45, 2.75) is 24.0 Å². The quantitative estimate of drug-likeness (QED) is 0.805. The first-order valence-electron chi connectivity index (χ1n) is 9.63. The van der Waals surface area contributed by atoms with Gasteiger partial charge in [0, 0.05) is 38.2 Å². The predicted molar refractivity (Wildman–Crippen MR) is 103 cm³/mol. The SMILES string of the molecule is COCC(=O)N1[C@H](CO)[C@@H](c2ccccc2)C12CN(Cc1cc(F)ccc1F)C2. The van der Waals surface area contributed by atoms with Gasteiger partial charge in [0.05, 0.1) is 18.2 Å². The van der Waals surface area contributed by atoms with Gasteiger partial charge in [-0.2, -0.15) is 0 Å². The molecule has 0 aromatic heterocycles. The molecule has 154 valence electrons. The molecule has 0 bridgehead atoms. The van der Waals surface area contributed by atoms with Gasteiger partial charge < -0.3 is 14.7 Å². The van der Waals surface area contributed by atoms with Crippen LogP contribution in [0.2, 0.25) is 0 Å². The average Bonchev–Trinajstić information content (AvgIpc) is 2.66. The van der Waals surface area contributed by atoms with Gasteiger partial charge in [-0.05, 0) is 23.8 Å². The summed E-state index contributed by atoms with van der Waals surface area (Å²) in [5, 5.41) is 9.99. The van der Waals surface area contributed by atoms with E-state index in [1.807, 2.05) is 35.2 Å². The molecular formula is C22H24F2N2O3. The minimum atomic E-state index is -0.478. The van der Waals surface area contributed by atoms with Crippen molar-refractivity contribution in [1.82, 2.24) is 9.80 Å². The molecule has 5 nitrogen and oxygen atoms in total. The summed E-state index contributed by atoms with van der Waals surface area (Å²) in [7, 11) is 1.47. The van der Waals surface area contributed by atoms with E-state index in [1.54, 1.807) is 4.90 Å². The maximum Gasteiger partial charge on any atom is 0.249 e. The van der Waals surface area contributed by atoms with Crippen molar-refractivity contribution < 1.29 is 23.4 Å². The summed E-state index contributed by atoms with van der Waals surface area (Å²) in [6, 6.07) is 12.9. The lowest BCUT2D eigenvalue weighted by Crippen LogP contribution is -2.85. The van der Waals surface area contributed by atoms with Gasteiger partial charge >= 0.3 is 0 Å². The number of aliphatic hydroxyl groups excluding tert-OH is 1. The van der Waals surface area contributed by atoms with E-state index < -0.39 is 17.2 Å². The number of carbonyl (C=O) groups excluding carboxylic acids is 1. The lowest BCUT2D eigenvalue weighted by atomic mass is 9.60. The van der Waals surface area contributed by atoms with Gasteiger partial charge in [-0.1, -0.05) is 30.3 Å². The van der Waals surface area contributed by atoms with Gasteiger partial charge in [0.1, 0.15) is 18.2 Å². The van der Waals surface area contributed by atoms with Crippen molar-refractivity contribution in [2.24, 2.45) is 0 Å². The molecular weight excluding hydrogens is 378 g/mol. The summed E-state index contributed by atoms with van der Waals surface area (Å²) in [6.07, 6.45) is 0. The van der Waals surface area contributed by atoms with Gasteiger partial charge in [0.25, 0.3) is 0 Å². The molecule has 4 rings (SSSR count). The lowest BCUT2D eigenvalue weighted by Gasteiger charge is -2.70. The van der Waals surface area contributed by atoms with E-state index in [-0.39, 0.29) is 37.6 Å². The summed E-state index contributed by atoms with van der Waals surface area (Å²) < 4.78 is 32.6. The van der Waals surface area contributed by atoms with Crippen molar-refractivity contribution >= 4 is 5.91 Å². The van der Waals surface area contributed by atoms with Crippen LogP contribution in [0.5, 0.6) is 0 Å². The number of ether oxygens (including phenoxy) is 1. The standard InChI is InChI=1S/C22H24F2N2O3/c1-29-12-20(28)26-19(11-27)21(15-5-3-2-4-6-15)22(26)13-25(14-22)10-16-9-17(23)7-8-18(16)24/h2-9,19,21,27H,10-14H2,1H3/t19-,21-/m1/s1. The molecule has 1 spiro atoms. The zero-order valence-corrected chi connectivity index (χ0v) is 16.2. The summed E-state index contributed by atoms with van der Waals surface area (Å²) in [4.78, 5) is 16.4. The third-order valence-electron chi connectivity index (χ3n) is 6.05. The second kappa shape index (κ2) is 7.82. The van der Waals surface area contributed by atoms with Gasteiger partial charge in [-0.15, -0.1) is 0 Å². The van der Waals surface area contributed by atoms with E-state index >= 15 is 0 Å². The topological polar surface area (TPSA) is 53.0 Å². The summed E-state index contributed by atoms with van der Waals surface area (Å²) in [5.41, 5.74) is 0.877. The highest BCUT2D eigenvalue weighted by Gasteiger charge is 2.67. The van der Waals surface area contributed by atoms with Crippen LogP contribution in [0, 0.1) is 11.6 Å². The molecule has 0 radical (unpaired) electrons. The van der Waals surface area contributed by atoms with Crippen molar-refractivity contribution in [3.05, 3.63) is 71.3 Å². The Bertz CT molecular complexity index is 887. The minimum Gasteiger partial charge on any atom is -0.394 e. The smallest absolute Gasteiger partial charge is 0.249 e. The Labute approximate surface area is 168 Å². The van der Waals surface area contributed by atoms with E-state index in [2.05, 4.69) is 0 Å². The van der Waals surface area contributed by atoms with Gasteiger partial charge in [0.2, 0.25) is 5.91 Å². The number of hydrogen-bond donors (Lipinski definition) is 1. The molecule has 0 saturated carbocycles. The van der Waals surface area contributed by atoms with Crippen LogP contribution in [-0.2, 0) is 16.1 Å². The van der Waals surface area contributed by atoms with E-state index in [9.17, 15) is 18.7 Å². The fraction of sp³-hybridized carbons (Fsp3) is 0.409. The summed E-state index contributed by atoms with van der Waals surface area (Å²) in [5.74, 6) is -1.11. The third-order valence-corrected chi connectivity index (χ3v) is 6.05. The Hall–Kier alpha value is -2.35. The van der Waals surface area contributed by atoms with Crippen molar-refractivity contribution in [1.29, 1.82) is 0 Å². The minimum absolute atomic E-state index is 0.0249. The Morgan fingerprint density at radius 2 is 1.93 bits per heavy atom. The Kier molecular flexibility index (Phi) is 5.38. The van der Waals surface area contributed by atoms with E-state index in [0.717, 1.165) is 17.7 Å². The molecule has 2 aliphatic rings. The van der Waals surface area contributed by atoms with E-state index in [4.69, 9.17) is 4.74 Å². The van der Waals surface area contributed by atoms with Crippen LogP contribution in [0.1, 0.15) is 17.0 Å². The number of rotatable bonds is 6. The number of hydrogen-bond acceptors (Lipinski definition) is 4. The normalized spacial score (nSPS) is 23.0. The Morgan fingerprint density at radius 1 is 1.21 bits per heavy atom. The molecule has 2 aromatic carbocycles. The average molecular weight is 402 g/mol. The second-order valence-corrected chi connectivity index (χ2v) is 7.82. The number of aliphatic hydroxyl groups is 1. The number of benzene rings is 2. The highest BCUT2D eigenvalue weighted by atomic mass is 19.1. The highest BCUT2D eigenvalue weighted by molar-refractivity contribution is 5.81. The number of carbonyl (C=O) groups is 1. The van der Waals surface area contributed by atoms with Crippen molar-refractivity contribution in [3.63, 3.8) is 0 Å². The molecule has 2 atom stereocenters. The molecule has 2 aliphatic heterocycles. The molecule has 1 N–H and O–H groups in total. The summed E-state index contributed by atoms with van der Waals surface area (Å²) >= 11 is 0. The Morgan fingerprint density at radius 3 is 2.59 bits per heavy atom. The van der Waals surface area contributed by atoms with Crippen molar-refractivity contribution in [3.8, 4) is 0 Å². The van der Waals surface area contributed by atoms with Crippen LogP contribution in [-0.4, -0.2) is 65.8 Å². The molecule has 0 unspecified atom stereocenters. The second-order valence-electron chi connectivity index (χ2n) is 7.82. The van der Waals surface area contributed by atoms with Crippen LogP contribution in [0.3, 0.4) is 0 Å². The first-order chi connectivity index (χ1) is 14.0. The maximum absolute atomic E-state index is 14.0. The van der Waals surface area contributed by atoms with Gasteiger partial charge in [-0.25, -0.2) is 8.78 Å². The van der Waals surface area contributed by atoms with Crippen LogP contribution < -0.4 is 0 Å². The molecule has 2 aromatic rings. The third kappa shape index (κ3) is 3.33.